The second-order valence-corrected chi connectivity index (χ2v) is 3.36. The predicted octanol–water partition coefficient (Wildman–Crippen LogP) is 2.19. The molecule has 82 valence electrons. The van der Waals surface area contributed by atoms with Crippen LogP contribution in [0.1, 0.15) is 0 Å². The van der Waals surface area contributed by atoms with E-state index in [4.69, 9.17) is 4.42 Å². The van der Waals surface area contributed by atoms with Gasteiger partial charge in [-0.3, -0.25) is 9.97 Å². The molecule has 3 aromatic heterocycles. The summed E-state index contributed by atoms with van der Waals surface area (Å²) in [7, 11) is 0. The molecule has 0 aromatic carbocycles. The third kappa shape index (κ3) is 1.90. The fourth-order valence-electron chi connectivity index (χ4n) is 1.43. The molecule has 0 radical (unpaired) electrons. The zero-order valence-corrected chi connectivity index (χ0v) is 8.82. The van der Waals surface area contributed by atoms with Crippen LogP contribution in [-0.4, -0.2) is 20.2 Å². The molecule has 3 heterocycles. The summed E-state index contributed by atoms with van der Waals surface area (Å²) < 4.78 is 5.54. The Balaban J connectivity index is 1.99. The number of nitrogens with zero attached hydrogens (tertiary/aromatic N) is 4. The van der Waals surface area contributed by atoms with E-state index in [1.165, 1.54) is 0 Å². The Morgan fingerprint density at radius 1 is 0.824 bits per heavy atom. The Morgan fingerprint density at radius 3 is 2.41 bits per heavy atom. The van der Waals surface area contributed by atoms with E-state index in [-0.39, 0.29) is 0 Å². The van der Waals surface area contributed by atoms with Crippen molar-refractivity contribution in [2.45, 2.75) is 0 Å². The monoisotopic (exact) mass is 224 g/mol. The summed E-state index contributed by atoms with van der Waals surface area (Å²) in [5, 5.41) is 7.94. The van der Waals surface area contributed by atoms with Crippen LogP contribution >= 0.6 is 0 Å². The average molecular weight is 224 g/mol. The van der Waals surface area contributed by atoms with E-state index in [2.05, 4.69) is 20.2 Å². The van der Waals surface area contributed by atoms with Gasteiger partial charge in [-0.25, -0.2) is 0 Å². The van der Waals surface area contributed by atoms with Crippen LogP contribution < -0.4 is 0 Å². The SMILES string of the molecule is c1ccc(-c2nnc(-c3ccncc3)o2)nc1. The highest BCUT2D eigenvalue weighted by atomic mass is 16.4. The standard InChI is InChI=1S/C12H8N4O/c1-2-6-14-10(3-1)12-16-15-11(17-12)9-4-7-13-8-5-9/h1-8H. The number of hydrogen-bond donors (Lipinski definition) is 0. The van der Waals surface area contributed by atoms with Crippen LogP contribution in [0.15, 0.2) is 53.3 Å². The quantitative estimate of drug-likeness (QED) is 0.667. The van der Waals surface area contributed by atoms with Crippen LogP contribution in [0.25, 0.3) is 23.0 Å². The number of pyridine rings is 2. The van der Waals surface area contributed by atoms with Gasteiger partial charge in [-0.15, -0.1) is 10.2 Å². The van der Waals surface area contributed by atoms with Gasteiger partial charge in [0, 0.05) is 24.2 Å². The van der Waals surface area contributed by atoms with Crippen LogP contribution in [0.5, 0.6) is 0 Å². The topological polar surface area (TPSA) is 64.7 Å². The molecule has 5 nitrogen and oxygen atoms in total. The van der Waals surface area contributed by atoms with Crippen molar-refractivity contribution in [3.63, 3.8) is 0 Å². The maximum Gasteiger partial charge on any atom is 0.266 e. The lowest BCUT2D eigenvalue weighted by Crippen LogP contribution is -1.80. The summed E-state index contributed by atoms with van der Waals surface area (Å²) in [5.74, 6) is 0.880. The molecule has 0 fully saturated rings. The normalized spacial score (nSPS) is 10.4. The fourth-order valence-corrected chi connectivity index (χ4v) is 1.43. The Bertz CT molecular complexity index is 553. The highest BCUT2D eigenvalue weighted by molar-refractivity contribution is 5.54. The van der Waals surface area contributed by atoms with Crippen LogP contribution in [0.3, 0.4) is 0 Å². The van der Waals surface area contributed by atoms with E-state index in [1.54, 1.807) is 18.6 Å². The van der Waals surface area contributed by atoms with Crippen LogP contribution in [0, 0.1) is 0 Å². The lowest BCUT2D eigenvalue weighted by molar-refractivity contribution is 0.582. The maximum atomic E-state index is 5.54. The first-order valence-corrected chi connectivity index (χ1v) is 5.09. The number of rotatable bonds is 2. The Kier molecular flexibility index (Phi) is 2.34. The van der Waals surface area contributed by atoms with Crippen LogP contribution in [0.2, 0.25) is 0 Å². The van der Waals surface area contributed by atoms with Crippen molar-refractivity contribution in [1.82, 2.24) is 20.2 Å². The Morgan fingerprint density at radius 2 is 1.65 bits per heavy atom. The Labute approximate surface area is 97.2 Å². The maximum absolute atomic E-state index is 5.54. The van der Waals surface area contributed by atoms with E-state index in [0.717, 1.165) is 5.56 Å². The summed E-state index contributed by atoms with van der Waals surface area (Å²) in [4.78, 5) is 8.08. The van der Waals surface area contributed by atoms with E-state index in [0.29, 0.717) is 17.5 Å². The number of hydrogen-bond acceptors (Lipinski definition) is 5. The van der Waals surface area contributed by atoms with Gasteiger partial charge in [0.05, 0.1) is 0 Å². The molecule has 0 saturated carbocycles. The van der Waals surface area contributed by atoms with Gasteiger partial charge in [-0.2, -0.15) is 0 Å². The molecular weight excluding hydrogens is 216 g/mol. The van der Waals surface area contributed by atoms with Gasteiger partial charge in [-0.1, -0.05) is 6.07 Å². The Hall–Kier alpha value is -2.56. The summed E-state index contributed by atoms with van der Waals surface area (Å²) in [6.45, 7) is 0. The van der Waals surface area contributed by atoms with Crippen molar-refractivity contribution >= 4 is 0 Å². The molecule has 0 spiro atoms. The zero-order chi connectivity index (χ0) is 11.5. The number of aromatic nitrogens is 4. The lowest BCUT2D eigenvalue weighted by Gasteiger charge is -1.92. The largest absolute Gasteiger partial charge is 0.415 e. The minimum absolute atomic E-state index is 0.414. The van der Waals surface area contributed by atoms with Gasteiger partial charge < -0.3 is 4.42 Å². The van der Waals surface area contributed by atoms with Crippen molar-refractivity contribution < 1.29 is 4.42 Å². The molecule has 0 unspecified atom stereocenters. The van der Waals surface area contributed by atoms with Crippen molar-refractivity contribution in [2.24, 2.45) is 0 Å². The highest BCUT2D eigenvalue weighted by Gasteiger charge is 2.10. The first kappa shape index (κ1) is 9.65. The first-order valence-electron chi connectivity index (χ1n) is 5.09. The smallest absolute Gasteiger partial charge is 0.266 e. The van der Waals surface area contributed by atoms with Crippen molar-refractivity contribution in [3.8, 4) is 23.0 Å². The second-order valence-electron chi connectivity index (χ2n) is 3.36. The predicted molar refractivity (Wildman–Crippen MR) is 60.8 cm³/mol. The van der Waals surface area contributed by atoms with Crippen LogP contribution in [0.4, 0.5) is 0 Å². The molecular formula is C12H8N4O. The molecule has 0 aliphatic rings. The van der Waals surface area contributed by atoms with Gasteiger partial charge in [0.15, 0.2) is 0 Å². The van der Waals surface area contributed by atoms with Crippen molar-refractivity contribution in [3.05, 3.63) is 48.9 Å². The van der Waals surface area contributed by atoms with Gasteiger partial charge in [0.25, 0.3) is 5.89 Å². The molecule has 0 aliphatic carbocycles. The van der Waals surface area contributed by atoms with Gasteiger partial charge in [0.2, 0.25) is 5.89 Å². The molecule has 0 aliphatic heterocycles. The van der Waals surface area contributed by atoms with Crippen LogP contribution in [-0.2, 0) is 0 Å². The minimum Gasteiger partial charge on any atom is -0.415 e. The molecule has 3 rings (SSSR count). The van der Waals surface area contributed by atoms with E-state index in [1.807, 2.05) is 30.3 Å². The molecule has 0 bridgehead atoms. The van der Waals surface area contributed by atoms with Crippen molar-refractivity contribution in [2.75, 3.05) is 0 Å². The zero-order valence-electron chi connectivity index (χ0n) is 8.82. The van der Waals surface area contributed by atoms with Gasteiger partial charge in [0.1, 0.15) is 5.69 Å². The fraction of sp³-hybridized carbons (Fsp3) is 0. The third-order valence-electron chi connectivity index (χ3n) is 2.24. The average Bonchev–Trinajstić information content (AvgIpc) is 2.90. The molecule has 0 amide bonds. The summed E-state index contributed by atoms with van der Waals surface area (Å²) in [6.07, 6.45) is 5.05. The van der Waals surface area contributed by atoms with Gasteiger partial charge >= 0.3 is 0 Å². The third-order valence-corrected chi connectivity index (χ3v) is 2.24. The van der Waals surface area contributed by atoms with Crippen molar-refractivity contribution in [1.29, 1.82) is 0 Å². The second kappa shape index (κ2) is 4.13. The molecule has 0 atom stereocenters. The minimum atomic E-state index is 0.414. The lowest BCUT2D eigenvalue weighted by atomic mass is 10.3. The highest BCUT2D eigenvalue weighted by Crippen LogP contribution is 2.21. The van der Waals surface area contributed by atoms with E-state index >= 15 is 0 Å². The summed E-state index contributed by atoms with van der Waals surface area (Å²) in [6, 6.07) is 9.16. The molecule has 17 heavy (non-hydrogen) atoms. The molecule has 5 heteroatoms. The summed E-state index contributed by atoms with van der Waals surface area (Å²) >= 11 is 0. The first-order chi connectivity index (χ1) is 8.43. The molecule has 0 saturated heterocycles. The van der Waals surface area contributed by atoms with E-state index < -0.39 is 0 Å². The summed E-state index contributed by atoms with van der Waals surface area (Å²) in [5.41, 5.74) is 1.51. The van der Waals surface area contributed by atoms with Gasteiger partial charge in [-0.05, 0) is 24.3 Å². The molecule has 0 N–H and O–H groups in total. The molecule has 3 aromatic rings. The van der Waals surface area contributed by atoms with E-state index in [9.17, 15) is 0 Å².